The van der Waals surface area contributed by atoms with Gasteiger partial charge in [0.15, 0.2) is 0 Å². The Morgan fingerprint density at radius 2 is 1.92 bits per heavy atom. The summed E-state index contributed by atoms with van der Waals surface area (Å²) in [4.78, 5) is 15.7. The predicted octanol–water partition coefficient (Wildman–Crippen LogP) is 3.49. The Labute approximate surface area is 145 Å². The third-order valence-electron chi connectivity index (χ3n) is 5.17. The zero-order valence-corrected chi connectivity index (χ0v) is 14.1. The van der Waals surface area contributed by atoms with Crippen LogP contribution in [0.3, 0.4) is 0 Å². The molecule has 0 aromatic heterocycles. The standard InChI is InChI=1S/C17H20ClN3O3/c18-13-7-1-6-12(16(13)23)17(24)20-21-19-14-8-2-5-11-10(14)4-3-9-15(11)22/h1,6-7,10-11,14-15,22H,2-5,8-9H2/p+1. The van der Waals surface area contributed by atoms with Gasteiger partial charge in [0, 0.05) is 0 Å². The number of halogens is 1. The molecule has 24 heavy (non-hydrogen) atoms. The maximum absolute atomic E-state index is 12.0. The predicted molar refractivity (Wildman–Crippen MR) is 88.9 cm³/mol. The summed E-state index contributed by atoms with van der Waals surface area (Å²) in [5.41, 5.74) is 0.0102. The Balaban J connectivity index is 1.73. The number of hydrogen-bond acceptors (Lipinski definition) is 4. The van der Waals surface area contributed by atoms with Gasteiger partial charge in [0.25, 0.3) is 0 Å². The summed E-state index contributed by atoms with van der Waals surface area (Å²) in [6.07, 6.45) is 5.60. The highest BCUT2D eigenvalue weighted by molar-refractivity contribution is 6.32. The van der Waals surface area contributed by atoms with Crippen molar-refractivity contribution in [2.24, 2.45) is 22.1 Å². The van der Waals surface area contributed by atoms with E-state index in [9.17, 15) is 15.0 Å². The van der Waals surface area contributed by atoms with Gasteiger partial charge in [-0.25, -0.2) is 0 Å². The third-order valence-corrected chi connectivity index (χ3v) is 5.47. The van der Waals surface area contributed by atoms with Crippen LogP contribution in [0.5, 0.6) is 5.75 Å². The van der Waals surface area contributed by atoms with Crippen LogP contribution in [0.4, 0.5) is 0 Å². The van der Waals surface area contributed by atoms with Crippen LogP contribution in [-0.2, 0) is 0 Å². The molecule has 2 aliphatic rings. The summed E-state index contributed by atoms with van der Waals surface area (Å²) < 4.78 is 0. The number of aliphatic hydroxyl groups is 1. The molecule has 4 unspecified atom stereocenters. The molecule has 7 heteroatoms. The van der Waals surface area contributed by atoms with E-state index in [1.54, 1.807) is 6.07 Å². The molecule has 0 saturated heterocycles. The van der Waals surface area contributed by atoms with Crippen molar-refractivity contribution in [3.05, 3.63) is 28.8 Å². The molecule has 4 atom stereocenters. The van der Waals surface area contributed by atoms with Gasteiger partial charge in [-0.05, 0) is 49.7 Å². The van der Waals surface area contributed by atoms with Crippen LogP contribution in [0.1, 0.15) is 48.9 Å². The maximum Gasteiger partial charge on any atom is 0.364 e. The number of fused-ring (bicyclic) bond motifs is 1. The van der Waals surface area contributed by atoms with Crippen LogP contribution in [0.15, 0.2) is 28.4 Å². The summed E-state index contributed by atoms with van der Waals surface area (Å²) >= 11 is 5.78. The van der Waals surface area contributed by atoms with Crippen LogP contribution >= 0.6 is 11.6 Å². The second-order valence-corrected chi connectivity index (χ2v) is 6.98. The first-order chi connectivity index (χ1) is 11.6. The van der Waals surface area contributed by atoms with E-state index in [1.165, 1.54) is 12.1 Å². The average molecular weight is 351 g/mol. The number of hydrogen-bond donors (Lipinski definition) is 2. The number of aromatic hydroxyl groups is 1. The lowest BCUT2D eigenvalue weighted by molar-refractivity contribution is 0.00138. The maximum atomic E-state index is 12.0. The molecule has 2 saturated carbocycles. The highest BCUT2D eigenvalue weighted by Gasteiger charge is 2.41. The lowest BCUT2D eigenvalue weighted by Crippen LogP contribution is -2.41. The monoisotopic (exact) mass is 350 g/mol. The first-order valence-electron chi connectivity index (χ1n) is 8.38. The topological polar surface area (TPSA) is 96.4 Å². The number of para-hydroxylation sites is 1. The normalized spacial score (nSPS) is 29.2. The lowest BCUT2D eigenvalue weighted by Gasteiger charge is -2.40. The Hall–Kier alpha value is -1.75. The molecule has 2 N–H and O–H groups in total. The molecular weight excluding hydrogens is 330 g/mol. The highest BCUT2D eigenvalue weighted by Crippen LogP contribution is 2.41. The number of aliphatic hydroxyl groups excluding tert-OH is 1. The molecular formula is C17H21ClN3O3+. The van der Waals surface area contributed by atoms with E-state index in [2.05, 4.69) is 15.1 Å². The first-order valence-corrected chi connectivity index (χ1v) is 8.76. The number of carbonyl (C=O) groups is 1. The highest BCUT2D eigenvalue weighted by atomic mass is 35.5. The van der Waals surface area contributed by atoms with E-state index in [0.29, 0.717) is 5.92 Å². The van der Waals surface area contributed by atoms with Gasteiger partial charge in [-0.15, -0.1) is 0 Å². The van der Waals surface area contributed by atoms with Crippen LogP contribution in [-0.4, -0.2) is 28.3 Å². The van der Waals surface area contributed by atoms with Crippen molar-refractivity contribution in [1.29, 1.82) is 0 Å². The van der Waals surface area contributed by atoms with Gasteiger partial charge in [-0.1, -0.05) is 30.5 Å². The number of phenols is 1. The molecule has 1 aromatic rings. The number of rotatable bonds is 2. The van der Waals surface area contributed by atoms with Crippen molar-refractivity contribution in [3.63, 3.8) is 0 Å². The minimum atomic E-state index is -0.671. The molecule has 0 spiro atoms. The van der Waals surface area contributed by atoms with E-state index >= 15 is 0 Å². The number of phenolic OH excluding ortho intramolecular Hbond substituents is 1. The third kappa shape index (κ3) is 3.51. The number of amides is 1. The Bertz CT molecular complexity index is 688. The Morgan fingerprint density at radius 3 is 2.75 bits per heavy atom. The smallest absolute Gasteiger partial charge is 0.364 e. The summed E-state index contributed by atoms with van der Waals surface area (Å²) in [7, 11) is 0. The summed E-state index contributed by atoms with van der Waals surface area (Å²) in [6, 6.07) is 4.50. The van der Waals surface area contributed by atoms with Gasteiger partial charge in [-0.2, -0.15) is 0 Å². The summed E-state index contributed by atoms with van der Waals surface area (Å²) in [5, 5.41) is 27.9. The van der Waals surface area contributed by atoms with Gasteiger partial charge < -0.3 is 10.2 Å². The quantitative estimate of drug-likeness (QED) is 0.631. The fourth-order valence-electron chi connectivity index (χ4n) is 3.96. The van der Waals surface area contributed by atoms with Gasteiger partial charge in [0.2, 0.25) is 10.0 Å². The van der Waals surface area contributed by atoms with E-state index < -0.39 is 5.91 Å². The van der Waals surface area contributed by atoms with Crippen LogP contribution in [0.2, 0.25) is 5.02 Å². The molecule has 2 fully saturated rings. The largest absolute Gasteiger partial charge is 0.506 e. The second-order valence-electron chi connectivity index (χ2n) is 6.57. The molecule has 128 valence electrons. The fourth-order valence-corrected chi connectivity index (χ4v) is 4.13. The van der Waals surface area contributed by atoms with Crippen LogP contribution in [0.25, 0.3) is 0 Å². The first kappa shape index (κ1) is 17.1. The molecule has 0 bridgehead atoms. The van der Waals surface area contributed by atoms with Crippen LogP contribution < -0.4 is 4.91 Å². The van der Waals surface area contributed by atoms with Crippen molar-refractivity contribution in [3.8, 4) is 5.75 Å². The molecule has 2 aliphatic carbocycles. The second kappa shape index (κ2) is 7.43. The van der Waals surface area contributed by atoms with E-state index in [0.717, 1.165) is 38.5 Å². The molecule has 0 aliphatic heterocycles. The minimum absolute atomic E-state index is 0.00297. The zero-order chi connectivity index (χ0) is 17.1. The summed E-state index contributed by atoms with van der Waals surface area (Å²) in [6.45, 7) is 0. The van der Waals surface area contributed by atoms with Crippen molar-refractivity contribution in [2.75, 3.05) is 0 Å². The average Bonchev–Trinajstić information content (AvgIpc) is 2.58. The molecule has 0 radical (unpaired) electrons. The van der Waals surface area contributed by atoms with E-state index in [-0.39, 0.29) is 34.4 Å². The number of benzene rings is 1. The van der Waals surface area contributed by atoms with Gasteiger partial charge in [-0.3, -0.25) is 4.79 Å². The summed E-state index contributed by atoms with van der Waals surface area (Å²) in [5.74, 6) is -0.369. The molecule has 6 nitrogen and oxygen atoms in total. The van der Waals surface area contributed by atoms with E-state index in [1.807, 2.05) is 0 Å². The van der Waals surface area contributed by atoms with Crippen LogP contribution in [0, 0.1) is 11.8 Å². The molecule has 1 amide bonds. The van der Waals surface area contributed by atoms with Gasteiger partial charge in [0.05, 0.1) is 16.7 Å². The Morgan fingerprint density at radius 1 is 1.17 bits per heavy atom. The van der Waals surface area contributed by atoms with Crippen molar-refractivity contribution in [1.82, 2.24) is 4.91 Å². The SMILES string of the molecule is O=C(N=[N+]=NC1CCCC2C(O)CCCC12)c1cccc(Cl)c1O. The van der Waals surface area contributed by atoms with Gasteiger partial charge in [0.1, 0.15) is 16.9 Å². The minimum Gasteiger partial charge on any atom is -0.506 e. The molecule has 3 rings (SSSR count). The number of carbonyl (C=O) groups excluding carboxylic acids is 1. The van der Waals surface area contributed by atoms with Crippen molar-refractivity contribution >= 4 is 17.5 Å². The number of nitrogens with zero attached hydrogens (tertiary/aromatic N) is 3. The van der Waals surface area contributed by atoms with E-state index in [4.69, 9.17) is 11.6 Å². The molecule has 1 aromatic carbocycles. The lowest BCUT2D eigenvalue weighted by atomic mass is 9.67. The van der Waals surface area contributed by atoms with Crippen molar-refractivity contribution < 1.29 is 15.0 Å². The zero-order valence-electron chi connectivity index (χ0n) is 13.3. The molecule has 0 heterocycles. The van der Waals surface area contributed by atoms with Crippen molar-refractivity contribution in [2.45, 2.75) is 50.7 Å². The van der Waals surface area contributed by atoms with Gasteiger partial charge >= 0.3 is 5.91 Å². The fraction of sp³-hybridized carbons (Fsp3) is 0.588. The Kier molecular flexibility index (Phi) is 5.29.